The van der Waals surface area contributed by atoms with Gasteiger partial charge in [-0.1, -0.05) is 11.8 Å². The number of hydrogen-bond donors (Lipinski definition) is 1. The van der Waals surface area contributed by atoms with E-state index in [1.165, 1.54) is 30.5 Å². The van der Waals surface area contributed by atoms with Gasteiger partial charge in [-0.15, -0.1) is 0 Å². The Bertz CT molecular complexity index is 1270. The molecule has 0 saturated carbocycles. The SMILES string of the molecule is COC(=O)c1ccc(NC(=O)CSc2nc3c(c(=O)n(C)c(=O)n3C)n2C(C)C)cc1. The van der Waals surface area contributed by atoms with Crippen molar-refractivity contribution in [2.45, 2.75) is 25.0 Å². The zero-order valence-corrected chi connectivity index (χ0v) is 18.6. The number of amides is 1. The monoisotopic (exact) mass is 445 g/mol. The van der Waals surface area contributed by atoms with E-state index < -0.39 is 17.2 Å². The van der Waals surface area contributed by atoms with Crippen molar-refractivity contribution in [3.63, 3.8) is 0 Å². The van der Waals surface area contributed by atoms with Crippen molar-refractivity contribution in [1.82, 2.24) is 18.7 Å². The zero-order valence-electron chi connectivity index (χ0n) is 17.8. The van der Waals surface area contributed by atoms with Gasteiger partial charge in [-0.05, 0) is 38.1 Å². The van der Waals surface area contributed by atoms with E-state index >= 15 is 0 Å². The van der Waals surface area contributed by atoms with Crippen molar-refractivity contribution in [2.24, 2.45) is 14.1 Å². The molecule has 0 aliphatic heterocycles. The van der Waals surface area contributed by atoms with E-state index in [1.807, 2.05) is 13.8 Å². The summed E-state index contributed by atoms with van der Waals surface area (Å²) in [5, 5.41) is 3.22. The summed E-state index contributed by atoms with van der Waals surface area (Å²) in [6.07, 6.45) is 0. The lowest BCUT2D eigenvalue weighted by Crippen LogP contribution is -2.37. The molecular formula is C20H23N5O5S. The maximum absolute atomic E-state index is 12.7. The number of nitrogens with one attached hydrogen (secondary N) is 1. The summed E-state index contributed by atoms with van der Waals surface area (Å²) in [4.78, 5) is 53.3. The van der Waals surface area contributed by atoms with E-state index in [9.17, 15) is 19.2 Å². The highest BCUT2D eigenvalue weighted by Gasteiger charge is 2.21. The van der Waals surface area contributed by atoms with Gasteiger partial charge in [0.15, 0.2) is 16.3 Å². The van der Waals surface area contributed by atoms with Crippen LogP contribution in [-0.4, -0.2) is 43.4 Å². The van der Waals surface area contributed by atoms with Crippen LogP contribution in [-0.2, 0) is 23.6 Å². The Kier molecular flexibility index (Phi) is 6.34. The van der Waals surface area contributed by atoms with Gasteiger partial charge in [0.1, 0.15) is 0 Å². The fourth-order valence-corrected chi connectivity index (χ4v) is 4.03. The van der Waals surface area contributed by atoms with Gasteiger partial charge in [0.2, 0.25) is 5.91 Å². The molecule has 10 nitrogen and oxygen atoms in total. The highest BCUT2D eigenvalue weighted by molar-refractivity contribution is 7.99. The number of carbonyl (C=O) groups is 2. The number of fused-ring (bicyclic) bond motifs is 1. The van der Waals surface area contributed by atoms with Crippen LogP contribution in [0.2, 0.25) is 0 Å². The van der Waals surface area contributed by atoms with Gasteiger partial charge < -0.3 is 14.6 Å². The van der Waals surface area contributed by atoms with Crippen LogP contribution in [0.1, 0.15) is 30.2 Å². The summed E-state index contributed by atoms with van der Waals surface area (Å²) >= 11 is 1.17. The standard InChI is InChI=1S/C20H23N5O5S/c1-11(2)25-15-16(23(3)20(29)24(4)17(15)27)22-19(25)31-10-14(26)21-13-8-6-12(7-9-13)18(28)30-5/h6-9,11H,10H2,1-5H3,(H,21,26). The second-order valence-electron chi connectivity index (χ2n) is 7.14. The van der Waals surface area contributed by atoms with Crippen molar-refractivity contribution in [1.29, 1.82) is 0 Å². The Balaban J connectivity index is 1.83. The van der Waals surface area contributed by atoms with Crippen LogP contribution < -0.4 is 16.6 Å². The number of thioether (sulfide) groups is 1. The number of imidazole rings is 1. The van der Waals surface area contributed by atoms with Crippen LogP contribution >= 0.6 is 11.8 Å². The summed E-state index contributed by atoms with van der Waals surface area (Å²) in [5.74, 6) is -0.690. The Labute approximate surface area is 181 Å². The molecule has 1 amide bonds. The Morgan fingerprint density at radius 2 is 1.77 bits per heavy atom. The number of ether oxygens (including phenoxy) is 1. The highest BCUT2D eigenvalue weighted by Crippen LogP contribution is 2.25. The molecular weight excluding hydrogens is 422 g/mol. The first-order valence-electron chi connectivity index (χ1n) is 9.44. The number of aromatic nitrogens is 4. The maximum atomic E-state index is 12.7. The van der Waals surface area contributed by atoms with Crippen LogP contribution in [0, 0.1) is 0 Å². The Morgan fingerprint density at radius 1 is 1.13 bits per heavy atom. The molecule has 0 aliphatic rings. The number of aryl methyl sites for hydroxylation is 1. The average Bonchev–Trinajstić information content (AvgIpc) is 3.15. The van der Waals surface area contributed by atoms with Crippen molar-refractivity contribution < 1.29 is 14.3 Å². The first kappa shape index (κ1) is 22.3. The minimum Gasteiger partial charge on any atom is -0.465 e. The Morgan fingerprint density at radius 3 is 2.35 bits per heavy atom. The number of methoxy groups -OCH3 is 1. The molecule has 0 unspecified atom stereocenters. The highest BCUT2D eigenvalue weighted by atomic mass is 32.2. The molecule has 164 valence electrons. The molecule has 0 bridgehead atoms. The number of carbonyl (C=O) groups excluding carboxylic acids is 2. The minimum atomic E-state index is -0.462. The smallest absolute Gasteiger partial charge is 0.337 e. The van der Waals surface area contributed by atoms with E-state index in [2.05, 4.69) is 15.0 Å². The van der Waals surface area contributed by atoms with Crippen LogP contribution in [0.15, 0.2) is 39.0 Å². The lowest BCUT2D eigenvalue weighted by Gasteiger charge is -2.12. The molecule has 3 aromatic rings. The summed E-state index contributed by atoms with van der Waals surface area (Å²) in [7, 11) is 4.28. The van der Waals surface area contributed by atoms with Gasteiger partial charge in [-0.2, -0.15) is 0 Å². The third-order valence-electron chi connectivity index (χ3n) is 4.70. The fraction of sp³-hybridized carbons (Fsp3) is 0.350. The number of benzene rings is 1. The van der Waals surface area contributed by atoms with E-state index in [4.69, 9.17) is 0 Å². The van der Waals surface area contributed by atoms with Crippen LogP contribution in [0.5, 0.6) is 0 Å². The van der Waals surface area contributed by atoms with E-state index in [-0.39, 0.29) is 23.3 Å². The molecule has 2 aromatic heterocycles. The quantitative estimate of drug-likeness (QED) is 0.452. The summed E-state index contributed by atoms with van der Waals surface area (Å²) < 4.78 is 8.75. The maximum Gasteiger partial charge on any atom is 0.337 e. The fourth-order valence-electron chi connectivity index (χ4n) is 3.11. The number of anilines is 1. The molecule has 2 heterocycles. The summed E-state index contributed by atoms with van der Waals surface area (Å²) in [5.41, 5.74) is 0.625. The topological polar surface area (TPSA) is 117 Å². The molecule has 0 atom stereocenters. The number of esters is 1. The molecule has 11 heteroatoms. The zero-order chi connectivity index (χ0) is 22.9. The third kappa shape index (κ3) is 4.26. The molecule has 0 radical (unpaired) electrons. The third-order valence-corrected chi connectivity index (χ3v) is 5.65. The van der Waals surface area contributed by atoms with Gasteiger partial charge in [-0.3, -0.25) is 18.7 Å². The number of nitrogens with zero attached hydrogens (tertiary/aromatic N) is 4. The van der Waals surface area contributed by atoms with Gasteiger partial charge in [0.25, 0.3) is 5.56 Å². The lowest BCUT2D eigenvalue weighted by molar-refractivity contribution is -0.113. The second-order valence-corrected chi connectivity index (χ2v) is 8.08. The van der Waals surface area contributed by atoms with Gasteiger partial charge in [-0.25, -0.2) is 14.6 Å². The molecule has 1 N–H and O–H groups in total. The van der Waals surface area contributed by atoms with Crippen molar-refractivity contribution in [3.8, 4) is 0 Å². The summed E-state index contributed by atoms with van der Waals surface area (Å²) in [6, 6.07) is 6.23. The summed E-state index contributed by atoms with van der Waals surface area (Å²) in [6.45, 7) is 3.80. The van der Waals surface area contributed by atoms with Crippen molar-refractivity contribution >= 4 is 40.5 Å². The first-order chi connectivity index (χ1) is 14.6. The van der Waals surface area contributed by atoms with Crippen LogP contribution in [0.3, 0.4) is 0 Å². The van der Waals surface area contributed by atoms with Crippen molar-refractivity contribution in [2.75, 3.05) is 18.2 Å². The van der Waals surface area contributed by atoms with E-state index in [1.54, 1.807) is 35.9 Å². The number of rotatable bonds is 6. The normalized spacial score (nSPS) is 11.2. The first-order valence-corrected chi connectivity index (χ1v) is 10.4. The van der Waals surface area contributed by atoms with Crippen molar-refractivity contribution in [3.05, 3.63) is 50.7 Å². The molecule has 1 aromatic carbocycles. The minimum absolute atomic E-state index is 0.0447. The molecule has 31 heavy (non-hydrogen) atoms. The van der Waals surface area contributed by atoms with E-state index in [0.29, 0.717) is 21.9 Å². The van der Waals surface area contributed by atoms with Gasteiger partial charge in [0.05, 0.1) is 18.4 Å². The average molecular weight is 446 g/mol. The molecule has 0 saturated heterocycles. The largest absolute Gasteiger partial charge is 0.465 e. The lowest BCUT2D eigenvalue weighted by atomic mass is 10.2. The predicted molar refractivity (Wildman–Crippen MR) is 118 cm³/mol. The molecule has 3 rings (SSSR count). The second kappa shape index (κ2) is 8.80. The molecule has 0 aliphatic carbocycles. The molecule has 0 spiro atoms. The number of hydrogen-bond acceptors (Lipinski definition) is 7. The predicted octanol–water partition coefficient (Wildman–Crippen LogP) is 1.53. The van der Waals surface area contributed by atoms with E-state index in [0.717, 1.165) is 4.57 Å². The Hall–Kier alpha value is -3.34. The van der Waals surface area contributed by atoms with Gasteiger partial charge >= 0.3 is 11.7 Å². The van der Waals surface area contributed by atoms with Gasteiger partial charge in [0, 0.05) is 25.8 Å². The van der Waals surface area contributed by atoms with Crippen LogP contribution in [0.25, 0.3) is 11.2 Å². The molecule has 0 fully saturated rings. The van der Waals surface area contributed by atoms with Crippen LogP contribution in [0.4, 0.5) is 5.69 Å².